The molecule has 1 nitrogen and oxygen atoms in total. The third-order valence-electron chi connectivity index (χ3n) is 1.23. The Hall–Kier alpha value is -0.780. The van der Waals surface area contributed by atoms with Gasteiger partial charge in [-0.15, -0.1) is 11.3 Å². The van der Waals surface area contributed by atoms with Gasteiger partial charge >= 0.3 is 0 Å². The van der Waals surface area contributed by atoms with Crippen LogP contribution in [0.3, 0.4) is 0 Å². The Labute approximate surface area is 74.5 Å². The second-order valence-electron chi connectivity index (χ2n) is 2.03. The molecule has 0 unspecified atom stereocenters. The van der Waals surface area contributed by atoms with Crippen LogP contribution in [0.15, 0.2) is 23.1 Å². The van der Waals surface area contributed by atoms with Crippen LogP contribution in [0.4, 0.5) is 0 Å². The highest BCUT2D eigenvalue weighted by Crippen LogP contribution is 2.26. The van der Waals surface area contributed by atoms with Crippen molar-refractivity contribution in [2.45, 2.75) is 6.92 Å². The smallest absolute Gasteiger partial charge is 0.0960 e. The van der Waals surface area contributed by atoms with Crippen molar-refractivity contribution < 1.29 is 0 Å². The van der Waals surface area contributed by atoms with Crippen molar-refractivity contribution in [3.05, 3.63) is 28.0 Å². The van der Waals surface area contributed by atoms with E-state index >= 15 is 0 Å². The predicted octanol–water partition coefficient (Wildman–Crippen LogP) is 3.24. The zero-order valence-electron chi connectivity index (χ0n) is 5.97. The molecule has 0 aliphatic rings. The summed E-state index contributed by atoms with van der Waals surface area (Å²) in [7, 11) is 0. The SMILES string of the molecule is C/C(C#N)=C(/Cl)c1cccs1. The van der Waals surface area contributed by atoms with Crippen molar-refractivity contribution in [3.8, 4) is 6.07 Å². The highest BCUT2D eigenvalue weighted by Gasteiger charge is 2.01. The lowest BCUT2D eigenvalue weighted by atomic mass is 10.3. The van der Waals surface area contributed by atoms with Crippen molar-refractivity contribution in [1.29, 1.82) is 5.26 Å². The second-order valence-corrected chi connectivity index (χ2v) is 3.35. The van der Waals surface area contributed by atoms with E-state index < -0.39 is 0 Å². The fourth-order valence-electron chi connectivity index (χ4n) is 0.637. The van der Waals surface area contributed by atoms with Gasteiger partial charge in [0.2, 0.25) is 0 Å². The van der Waals surface area contributed by atoms with Crippen LogP contribution in [-0.2, 0) is 0 Å². The van der Waals surface area contributed by atoms with Gasteiger partial charge in [-0.05, 0) is 18.4 Å². The average molecular weight is 184 g/mol. The van der Waals surface area contributed by atoms with E-state index in [1.54, 1.807) is 6.92 Å². The summed E-state index contributed by atoms with van der Waals surface area (Å²) in [4.78, 5) is 0.950. The molecule has 3 heteroatoms. The molecular formula is C8H6ClNS. The molecule has 0 aliphatic heterocycles. The van der Waals surface area contributed by atoms with Gasteiger partial charge in [-0.2, -0.15) is 5.26 Å². The third-order valence-corrected chi connectivity index (χ3v) is 2.72. The fraction of sp³-hybridized carbons (Fsp3) is 0.125. The zero-order chi connectivity index (χ0) is 8.27. The molecule has 0 amide bonds. The number of halogens is 1. The lowest BCUT2D eigenvalue weighted by Gasteiger charge is -1.92. The maximum absolute atomic E-state index is 8.52. The maximum atomic E-state index is 8.52. The van der Waals surface area contributed by atoms with Gasteiger partial charge in [-0.1, -0.05) is 17.7 Å². The molecule has 1 aromatic rings. The minimum atomic E-state index is 0.558. The van der Waals surface area contributed by atoms with E-state index in [0.717, 1.165) is 4.88 Å². The normalized spacial score (nSPS) is 12.1. The highest BCUT2D eigenvalue weighted by atomic mass is 35.5. The average Bonchev–Trinajstić information content (AvgIpc) is 2.53. The fourth-order valence-corrected chi connectivity index (χ4v) is 1.59. The van der Waals surface area contributed by atoms with Gasteiger partial charge in [0.25, 0.3) is 0 Å². The van der Waals surface area contributed by atoms with Crippen LogP contribution in [0.1, 0.15) is 11.8 Å². The molecular weight excluding hydrogens is 178 g/mol. The van der Waals surface area contributed by atoms with Crippen molar-refractivity contribution in [2.24, 2.45) is 0 Å². The minimum Gasteiger partial charge on any atom is -0.193 e. The van der Waals surface area contributed by atoms with Gasteiger partial charge < -0.3 is 0 Å². The number of hydrogen-bond acceptors (Lipinski definition) is 2. The van der Waals surface area contributed by atoms with Crippen LogP contribution in [0, 0.1) is 11.3 Å². The number of thiophene rings is 1. The molecule has 0 fully saturated rings. The van der Waals surface area contributed by atoms with Crippen LogP contribution in [0.25, 0.3) is 5.03 Å². The van der Waals surface area contributed by atoms with Gasteiger partial charge in [0.05, 0.1) is 11.1 Å². The summed E-state index contributed by atoms with van der Waals surface area (Å²) in [5.41, 5.74) is 0.564. The molecule has 1 aromatic heterocycles. The second kappa shape index (κ2) is 3.56. The van der Waals surface area contributed by atoms with Crippen molar-refractivity contribution in [1.82, 2.24) is 0 Å². The molecule has 0 spiro atoms. The molecule has 0 saturated carbocycles. The summed E-state index contributed by atoms with van der Waals surface area (Å²) in [5.74, 6) is 0. The first-order chi connectivity index (χ1) is 5.25. The highest BCUT2D eigenvalue weighted by molar-refractivity contribution is 7.12. The van der Waals surface area contributed by atoms with E-state index in [9.17, 15) is 0 Å². The van der Waals surface area contributed by atoms with Crippen LogP contribution in [0.5, 0.6) is 0 Å². The molecule has 0 bridgehead atoms. The topological polar surface area (TPSA) is 23.8 Å². The molecule has 0 saturated heterocycles. The van der Waals surface area contributed by atoms with E-state index in [4.69, 9.17) is 16.9 Å². The number of hydrogen-bond donors (Lipinski definition) is 0. The van der Waals surface area contributed by atoms with Gasteiger partial charge in [0.1, 0.15) is 0 Å². The van der Waals surface area contributed by atoms with Gasteiger partial charge in [0.15, 0.2) is 0 Å². The number of allylic oxidation sites excluding steroid dienone is 1. The Morgan fingerprint density at radius 1 is 1.73 bits per heavy atom. The Morgan fingerprint density at radius 2 is 2.45 bits per heavy atom. The summed E-state index contributed by atoms with van der Waals surface area (Å²) in [5, 5.41) is 11.0. The van der Waals surface area contributed by atoms with E-state index in [1.807, 2.05) is 23.6 Å². The maximum Gasteiger partial charge on any atom is 0.0960 e. The quantitative estimate of drug-likeness (QED) is 0.614. The predicted molar refractivity (Wildman–Crippen MR) is 48.4 cm³/mol. The first kappa shape index (κ1) is 8.32. The van der Waals surface area contributed by atoms with Crippen LogP contribution >= 0.6 is 22.9 Å². The standard InChI is InChI=1S/C8H6ClNS/c1-6(5-10)8(9)7-3-2-4-11-7/h2-4H,1H3/b8-6-. The van der Waals surface area contributed by atoms with Gasteiger partial charge in [-0.3, -0.25) is 0 Å². The molecule has 0 aromatic carbocycles. The number of nitriles is 1. The molecule has 1 rings (SSSR count). The van der Waals surface area contributed by atoms with Gasteiger partial charge in [0, 0.05) is 10.5 Å². The van der Waals surface area contributed by atoms with Crippen molar-refractivity contribution in [2.75, 3.05) is 0 Å². The third kappa shape index (κ3) is 1.83. The molecule has 56 valence electrons. The first-order valence-electron chi connectivity index (χ1n) is 3.06. The monoisotopic (exact) mass is 183 g/mol. The zero-order valence-corrected chi connectivity index (χ0v) is 7.54. The summed E-state index contributed by atoms with van der Waals surface area (Å²) in [6.45, 7) is 1.71. The van der Waals surface area contributed by atoms with E-state index in [2.05, 4.69) is 0 Å². The van der Waals surface area contributed by atoms with Crippen LogP contribution in [0.2, 0.25) is 0 Å². The summed E-state index contributed by atoms with van der Waals surface area (Å²) in [6.07, 6.45) is 0. The van der Waals surface area contributed by atoms with E-state index in [0.29, 0.717) is 10.6 Å². The first-order valence-corrected chi connectivity index (χ1v) is 4.32. The van der Waals surface area contributed by atoms with Crippen LogP contribution < -0.4 is 0 Å². The minimum absolute atomic E-state index is 0.558. The lowest BCUT2D eigenvalue weighted by Crippen LogP contribution is -1.73. The Kier molecular flexibility index (Phi) is 2.70. The summed E-state index contributed by atoms with van der Waals surface area (Å²) in [6, 6.07) is 5.81. The van der Waals surface area contributed by atoms with Crippen molar-refractivity contribution in [3.63, 3.8) is 0 Å². The molecule has 11 heavy (non-hydrogen) atoms. The Balaban J connectivity index is 3.05. The largest absolute Gasteiger partial charge is 0.193 e. The van der Waals surface area contributed by atoms with E-state index in [1.165, 1.54) is 11.3 Å². The number of nitrogens with zero attached hydrogens (tertiary/aromatic N) is 1. The summed E-state index contributed by atoms with van der Waals surface area (Å²) < 4.78 is 0. The Bertz CT molecular complexity index is 305. The van der Waals surface area contributed by atoms with Crippen molar-refractivity contribution >= 4 is 28.0 Å². The lowest BCUT2D eigenvalue weighted by molar-refractivity contribution is 1.46. The van der Waals surface area contributed by atoms with Gasteiger partial charge in [-0.25, -0.2) is 0 Å². The molecule has 0 radical (unpaired) electrons. The van der Waals surface area contributed by atoms with Crippen LogP contribution in [-0.4, -0.2) is 0 Å². The number of rotatable bonds is 1. The summed E-state index contributed by atoms with van der Waals surface area (Å²) >= 11 is 7.40. The Morgan fingerprint density at radius 3 is 2.91 bits per heavy atom. The molecule has 0 N–H and O–H groups in total. The van der Waals surface area contributed by atoms with E-state index in [-0.39, 0.29) is 0 Å². The molecule has 0 atom stereocenters. The molecule has 1 heterocycles. The molecule has 0 aliphatic carbocycles.